The summed E-state index contributed by atoms with van der Waals surface area (Å²) in [4.78, 5) is 43.4. The van der Waals surface area contributed by atoms with E-state index >= 15 is 0 Å². The van der Waals surface area contributed by atoms with Gasteiger partial charge in [0.2, 0.25) is 0 Å². The van der Waals surface area contributed by atoms with Crippen LogP contribution in [-0.2, 0) is 22.6 Å². The van der Waals surface area contributed by atoms with E-state index in [4.69, 9.17) is 37.7 Å². The zero-order valence-corrected chi connectivity index (χ0v) is 23.2. The molecule has 14 nitrogen and oxygen atoms in total. The van der Waals surface area contributed by atoms with E-state index in [1.807, 2.05) is 17.0 Å². The number of nitrogens with zero attached hydrogens (tertiary/aromatic N) is 5. The Bertz CT molecular complexity index is 1340. The molecule has 216 valence electrons. The van der Waals surface area contributed by atoms with Gasteiger partial charge in [0.1, 0.15) is 12.6 Å². The van der Waals surface area contributed by atoms with Gasteiger partial charge in [-0.15, -0.1) is 0 Å². The minimum atomic E-state index is -0.500. The van der Waals surface area contributed by atoms with Crippen LogP contribution >= 0.6 is 11.6 Å². The number of methoxy groups -OCH3 is 1. The van der Waals surface area contributed by atoms with Gasteiger partial charge in [-0.3, -0.25) is 4.79 Å². The number of hydrogen-bond acceptors (Lipinski definition) is 9. The second kappa shape index (κ2) is 14.3. The lowest BCUT2D eigenvalue weighted by atomic mass is 10.0. The van der Waals surface area contributed by atoms with Crippen molar-refractivity contribution in [2.45, 2.75) is 38.9 Å². The third-order valence-electron chi connectivity index (χ3n) is 6.56. The Morgan fingerprint density at radius 3 is 2.52 bits per heavy atom. The normalized spacial score (nSPS) is 13.4. The summed E-state index contributed by atoms with van der Waals surface area (Å²) in [5, 5.41) is 14.0. The number of para-hydroxylation sites is 2. The van der Waals surface area contributed by atoms with Crippen molar-refractivity contribution in [3.8, 4) is 0 Å². The lowest BCUT2D eigenvalue weighted by Gasteiger charge is -2.31. The summed E-state index contributed by atoms with van der Waals surface area (Å²) in [5.41, 5.74) is 13.6. The van der Waals surface area contributed by atoms with E-state index in [0.29, 0.717) is 26.2 Å². The van der Waals surface area contributed by atoms with Crippen molar-refractivity contribution >= 4 is 52.7 Å². The summed E-state index contributed by atoms with van der Waals surface area (Å²) in [6.07, 6.45) is 1.57. The molecule has 3 heterocycles. The molecule has 15 heteroatoms. The molecule has 0 spiro atoms. The number of anilines is 2. The Morgan fingerprint density at radius 2 is 1.88 bits per heavy atom. The van der Waals surface area contributed by atoms with Crippen LogP contribution in [0.3, 0.4) is 0 Å². The number of rotatable bonds is 8. The number of nitrogens with one attached hydrogen (secondary N) is 2. The molecule has 2 aromatic heterocycles. The Morgan fingerprint density at radius 1 is 1.20 bits per heavy atom. The summed E-state index contributed by atoms with van der Waals surface area (Å²) in [7, 11) is 1.61. The molecule has 1 fully saturated rings. The number of carbonyl (C=O) groups excluding carboxylic acids is 3. The van der Waals surface area contributed by atoms with E-state index in [2.05, 4.69) is 48.8 Å². The first kappa shape index (κ1) is 30.4. The number of imidazole rings is 1. The average Bonchev–Trinajstić information content (AvgIpc) is 3.27. The monoisotopic (exact) mass is 575 g/mol. The number of halogens is 1. The third-order valence-corrected chi connectivity index (χ3v) is 6.84. The Hall–Kier alpha value is -4.17. The van der Waals surface area contributed by atoms with Crippen LogP contribution in [0.2, 0.25) is 5.15 Å². The van der Waals surface area contributed by atoms with Crippen LogP contribution in [0.15, 0.2) is 24.3 Å². The van der Waals surface area contributed by atoms with Crippen molar-refractivity contribution in [3.05, 3.63) is 40.9 Å². The summed E-state index contributed by atoms with van der Waals surface area (Å²) >= 11 is 5.96. The standard InChI is InChI=1S/C24H32ClN9O3.CH2O2/c1-3-33-16-6-4-5-7-17(16)34(15-8-11-32(12-9-15)24(36)28-10-13-37-2)18(33)14-29-23(35)19-21(26)31-22(27)20(25)30-19;2-1-3/h4-7,15H,3,8-14H2,1-2H3,(H5-,26,27,28,29,31,35,36);1H,(H,2,3). The SMILES string of the molecule is CC[n+]1c(CNC(=O)c2nc(Cl)c(N)nc2N)n(C2CCN(C(=O)NCCOC)CC2)c2ccccc21.O=C[O-]. The lowest BCUT2D eigenvalue weighted by Crippen LogP contribution is -2.46. The predicted molar refractivity (Wildman–Crippen MR) is 146 cm³/mol. The van der Waals surface area contributed by atoms with Gasteiger partial charge in [0.25, 0.3) is 11.7 Å². The van der Waals surface area contributed by atoms with Gasteiger partial charge >= 0.3 is 6.03 Å². The number of amides is 3. The number of ether oxygens (including phenoxy) is 1. The number of nitrogen functional groups attached to an aromatic ring is 2. The van der Waals surface area contributed by atoms with Gasteiger partial charge in [0.05, 0.1) is 13.2 Å². The number of hydrogen-bond donors (Lipinski definition) is 4. The molecule has 0 unspecified atom stereocenters. The molecular formula is C25H34ClN9O5. The molecule has 1 aliphatic heterocycles. The van der Waals surface area contributed by atoms with Crippen LogP contribution in [0.25, 0.3) is 11.0 Å². The first-order valence-corrected chi connectivity index (χ1v) is 13.1. The zero-order valence-electron chi connectivity index (χ0n) is 22.4. The second-order valence-corrected chi connectivity index (χ2v) is 9.23. The second-order valence-electron chi connectivity index (χ2n) is 8.87. The molecule has 1 aromatic carbocycles. The lowest BCUT2D eigenvalue weighted by molar-refractivity contribution is -0.676. The largest absolute Gasteiger partial charge is 0.554 e. The number of nitrogens with two attached hydrogens (primary N) is 2. The molecule has 0 aliphatic carbocycles. The number of aryl methyl sites for hydroxylation is 1. The van der Waals surface area contributed by atoms with E-state index in [1.54, 1.807) is 7.11 Å². The van der Waals surface area contributed by atoms with Crippen LogP contribution in [0, 0.1) is 0 Å². The molecule has 40 heavy (non-hydrogen) atoms. The fourth-order valence-electron chi connectivity index (χ4n) is 4.80. The molecule has 3 aromatic rings. The molecule has 3 amide bonds. The molecule has 4 rings (SSSR count). The average molecular weight is 576 g/mol. The number of fused-ring (bicyclic) bond motifs is 1. The van der Waals surface area contributed by atoms with E-state index in [0.717, 1.165) is 36.2 Å². The topological polar surface area (TPSA) is 197 Å². The molecule has 1 aliphatic rings. The van der Waals surface area contributed by atoms with Crippen LogP contribution in [0.4, 0.5) is 16.4 Å². The number of aromatic nitrogens is 4. The third kappa shape index (κ3) is 6.87. The quantitative estimate of drug-likeness (QED) is 0.160. The van der Waals surface area contributed by atoms with Crippen LogP contribution < -0.4 is 31.8 Å². The summed E-state index contributed by atoms with van der Waals surface area (Å²) in [6, 6.07) is 8.24. The number of urea groups is 1. The molecular weight excluding hydrogens is 542 g/mol. The van der Waals surface area contributed by atoms with Gasteiger partial charge in [-0.1, -0.05) is 23.7 Å². The first-order valence-electron chi connectivity index (χ1n) is 12.7. The number of likely N-dealkylation sites (tertiary alicyclic amines) is 1. The van der Waals surface area contributed by atoms with Crippen LogP contribution in [0.5, 0.6) is 0 Å². The molecule has 6 N–H and O–H groups in total. The van der Waals surface area contributed by atoms with Crippen molar-refractivity contribution in [1.29, 1.82) is 0 Å². The summed E-state index contributed by atoms with van der Waals surface area (Å²) in [6.45, 7) is 4.74. The van der Waals surface area contributed by atoms with E-state index in [1.165, 1.54) is 0 Å². The fraction of sp³-hybridized carbons (Fsp3) is 0.440. The van der Waals surface area contributed by atoms with E-state index in [9.17, 15) is 9.59 Å². The Kier molecular flexibility index (Phi) is 10.8. The van der Waals surface area contributed by atoms with Gasteiger partial charge in [-0.25, -0.2) is 23.9 Å². The van der Waals surface area contributed by atoms with Crippen LogP contribution in [-0.4, -0.2) is 71.2 Å². The Labute approximate surface area is 236 Å². The van der Waals surface area contributed by atoms with Crippen LogP contribution in [0.1, 0.15) is 42.1 Å². The first-order chi connectivity index (χ1) is 19.3. The van der Waals surface area contributed by atoms with E-state index < -0.39 is 12.4 Å². The molecule has 0 bridgehead atoms. The highest BCUT2D eigenvalue weighted by molar-refractivity contribution is 6.31. The molecule has 1 saturated heterocycles. The minimum Gasteiger partial charge on any atom is -0.554 e. The van der Waals surface area contributed by atoms with Crippen molar-refractivity contribution in [2.75, 3.05) is 44.8 Å². The highest BCUT2D eigenvalue weighted by Crippen LogP contribution is 2.28. The zero-order chi connectivity index (χ0) is 29.2. The van der Waals surface area contributed by atoms with Gasteiger partial charge in [-0.2, -0.15) is 0 Å². The van der Waals surface area contributed by atoms with Crippen molar-refractivity contribution in [1.82, 2.24) is 30.1 Å². The Balaban J connectivity index is 0.00000141. The van der Waals surface area contributed by atoms with Crippen molar-refractivity contribution in [3.63, 3.8) is 0 Å². The number of piperidine rings is 1. The highest BCUT2D eigenvalue weighted by Gasteiger charge is 2.33. The van der Waals surface area contributed by atoms with Crippen molar-refractivity contribution in [2.24, 2.45) is 0 Å². The molecule has 0 saturated carbocycles. The maximum absolute atomic E-state index is 13.0. The summed E-state index contributed by atoms with van der Waals surface area (Å²) < 4.78 is 9.48. The highest BCUT2D eigenvalue weighted by atomic mass is 35.5. The van der Waals surface area contributed by atoms with Crippen molar-refractivity contribution < 1.29 is 28.8 Å². The van der Waals surface area contributed by atoms with E-state index in [-0.39, 0.29) is 41.1 Å². The minimum absolute atomic E-state index is 0.0293. The molecule has 0 atom stereocenters. The molecule has 0 radical (unpaired) electrons. The number of benzene rings is 1. The van der Waals surface area contributed by atoms with Gasteiger partial charge in [0.15, 0.2) is 33.5 Å². The number of carboxylic acid groups (broad SMARTS) is 1. The van der Waals surface area contributed by atoms with Gasteiger partial charge in [0, 0.05) is 46.1 Å². The maximum Gasteiger partial charge on any atom is 0.317 e. The number of carbonyl (C=O) groups is 3. The predicted octanol–water partition coefficient (Wildman–Crippen LogP) is -0.154. The fourth-order valence-corrected chi connectivity index (χ4v) is 4.92. The van der Waals surface area contributed by atoms with Gasteiger partial charge in [-0.05, 0) is 19.1 Å². The summed E-state index contributed by atoms with van der Waals surface area (Å²) in [5.74, 6) is 0.333. The van der Waals surface area contributed by atoms with Gasteiger partial charge < -0.3 is 41.6 Å². The smallest absolute Gasteiger partial charge is 0.317 e. The maximum atomic E-state index is 13.0.